The van der Waals surface area contributed by atoms with Gasteiger partial charge in [-0.2, -0.15) is 4.31 Å². The highest BCUT2D eigenvalue weighted by molar-refractivity contribution is 7.89. The zero-order chi connectivity index (χ0) is 16.9. The summed E-state index contributed by atoms with van der Waals surface area (Å²) >= 11 is 0. The van der Waals surface area contributed by atoms with Crippen LogP contribution in [0.4, 0.5) is 0 Å². The number of fused-ring (bicyclic) bond motifs is 3. The minimum atomic E-state index is -3.47. The minimum Gasteiger partial charge on any atom is -0.358 e. The van der Waals surface area contributed by atoms with Crippen molar-refractivity contribution in [1.29, 1.82) is 0 Å². The van der Waals surface area contributed by atoms with Crippen molar-refractivity contribution in [3.05, 3.63) is 64.8 Å². The Hall–Kier alpha value is -2.11. The average molecular weight is 340 g/mol. The van der Waals surface area contributed by atoms with Crippen LogP contribution in [0.25, 0.3) is 10.9 Å². The van der Waals surface area contributed by atoms with E-state index in [4.69, 9.17) is 0 Å². The molecular formula is C19H20N2O2S. The smallest absolute Gasteiger partial charge is 0.243 e. The molecule has 1 aliphatic heterocycles. The number of H-pyrrole nitrogens is 1. The largest absolute Gasteiger partial charge is 0.358 e. The summed E-state index contributed by atoms with van der Waals surface area (Å²) in [5, 5.41) is 1.12. The van der Waals surface area contributed by atoms with Crippen LogP contribution < -0.4 is 0 Å². The lowest BCUT2D eigenvalue weighted by Gasteiger charge is -2.26. The van der Waals surface area contributed by atoms with Gasteiger partial charge < -0.3 is 4.98 Å². The monoisotopic (exact) mass is 340 g/mol. The first-order chi connectivity index (χ1) is 11.5. The van der Waals surface area contributed by atoms with Gasteiger partial charge in [-0.25, -0.2) is 8.42 Å². The number of para-hydroxylation sites is 1. The van der Waals surface area contributed by atoms with Crippen molar-refractivity contribution in [2.24, 2.45) is 0 Å². The number of nitrogens with zero attached hydrogens (tertiary/aromatic N) is 1. The molecular weight excluding hydrogens is 320 g/mol. The molecule has 1 aliphatic rings. The van der Waals surface area contributed by atoms with Crippen molar-refractivity contribution in [3.8, 4) is 0 Å². The van der Waals surface area contributed by atoms with Crippen LogP contribution in [-0.4, -0.2) is 24.3 Å². The maximum absolute atomic E-state index is 13.0. The number of aryl methyl sites for hydroxylation is 2. The zero-order valence-corrected chi connectivity index (χ0v) is 14.7. The Bertz CT molecular complexity index is 1030. The van der Waals surface area contributed by atoms with Crippen molar-refractivity contribution < 1.29 is 8.42 Å². The van der Waals surface area contributed by atoms with Gasteiger partial charge in [0.15, 0.2) is 0 Å². The minimum absolute atomic E-state index is 0.383. The van der Waals surface area contributed by atoms with Crippen molar-refractivity contribution in [2.75, 3.05) is 6.54 Å². The fourth-order valence-electron chi connectivity index (χ4n) is 3.37. The number of aromatic nitrogens is 1. The van der Waals surface area contributed by atoms with Crippen LogP contribution in [0.1, 0.15) is 22.4 Å². The van der Waals surface area contributed by atoms with Crippen molar-refractivity contribution in [3.63, 3.8) is 0 Å². The molecule has 0 saturated heterocycles. The van der Waals surface area contributed by atoms with E-state index in [9.17, 15) is 8.42 Å². The summed E-state index contributed by atoms with van der Waals surface area (Å²) in [5.41, 5.74) is 5.44. The van der Waals surface area contributed by atoms with Gasteiger partial charge in [0.25, 0.3) is 0 Å². The fraction of sp³-hybridized carbons (Fsp3) is 0.263. The maximum atomic E-state index is 13.0. The molecule has 1 N–H and O–H groups in total. The van der Waals surface area contributed by atoms with Crippen molar-refractivity contribution >= 4 is 20.9 Å². The van der Waals surface area contributed by atoms with Crippen LogP contribution in [0.3, 0.4) is 0 Å². The number of rotatable bonds is 2. The molecule has 1 aromatic heterocycles. The Morgan fingerprint density at radius 2 is 1.83 bits per heavy atom. The summed E-state index contributed by atoms with van der Waals surface area (Å²) in [6.45, 7) is 4.87. The van der Waals surface area contributed by atoms with Crippen LogP contribution in [-0.2, 0) is 23.0 Å². The first-order valence-corrected chi connectivity index (χ1v) is 9.57. The molecule has 5 heteroatoms. The van der Waals surface area contributed by atoms with E-state index in [1.807, 2.05) is 38.1 Å². The number of hydrogen-bond acceptors (Lipinski definition) is 2. The fourth-order valence-corrected chi connectivity index (χ4v) is 4.86. The molecule has 124 valence electrons. The molecule has 3 aromatic rings. The van der Waals surface area contributed by atoms with E-state index in [0.29, 0.717) is 24.4 Å². The summed E-state index contributed by atoms with van der Waals surface area (Å²) in [7, 11) is -3.47. The van der Waals surface area contributed by atoms with Crippen molar-refractivity contribution in [2.45, 2.75) is 31.7 Å². The third-order valence-electron chi connectivity index (χ3n) is 4.96. The molecule has 0 bridgehead atoms. The maximum Gasteiger partial charge on any atom is 0.243 e. The highest BCUT2D eigenvalue weighted by Crippen LogP contribution is 2.30. The normalized spacial score (nSPS) is 15.6. The molecule has 0 saturated carbocycles. The summed E-state index contributed by atoms with van der Waals surface area (Å²) in [6.07, 6.45) is 0.716. The first-order valence-electron chi connectivity index (χ1n) is 8.12. The summed E-state index contributed by atoms with van der Waals surface area (Å²) in [5.74, 6) is 0. The third-order valence-corrected chi connectivity index (χ3v) is 6.81. The highest BCUT2D eigenvalue weighted by atomic mass is 32.2. The lowest BCUT2D eigenvalue weighted by Crippen LogP contribution is -2.35. The van der Waals surface area contributed by atoms with Crippen LogP contribution in [0.5, 0.6) is 0 Å². The number of sulfonamides is 1. The molecule has 0 fully saturated rings. The van der Waals surface area contributed by atoms with E-state index in [-0.39, 0.29) is 0 Å². The number of benzene rings is 2. The molecule has 4 rings (SSSR count). The zero-order valence-electron chi connectivity index (χ0n) is 13.8. The molecule has 0 amide bonds. The predicted octanol–water partition coefficient (Wildman–Crippen LogP) is 3.53. The standard InChI is InChI=1S/C19H20N2O2S/c1-13-7-8-15(11-14(13)2)24(22,23)21-10-9-19-17(12-21)16-5-3-4-6-18(16)20-19/h3-8,11,20H,9-10,12H2,1-2H3. The van der Waals surface area contributed by atoms with Gasteiger partial charge in [-0.05, 0) is 48.7 Å². The van der Waals surface area contributed by atoms with E-state index in [1.165, 1.54) is 0 Å². The van der Waals surface area contributed by atoms with Gasteiger partial charge in [0, 0.05) is 36.1 Å². The molecule has 0 radical (unpaired) electrons. The molecule has 0 atom stereocenters. The highest BCUT2D eigenvalue weighted by Gasteiger charge is 2.30. The summed E-state index contributed by atoms with van der Waals surface area (Å²) in [6, 6.07) is 13.4. The van der Waals surface area contributed by atoms with E-state index >= 15 is 0 Å². The van der Waals surface area contributed by atoms with Gasteiger partial charge in [-0.1, -0.05) is 24.3 Å². The van der Waals surface area contributed by atoms with Crippen LogP contribution in [0.2, 0.25) is 0 Å². The Morgan fingerprint density at radius 3 is 2.62 bits per heavy atom. The van der Waals surface area contributed by atoms with Crippen LogP contribution in [0, 0.1) is 13.8 Å². The van der Waals surface area contributed by atoms with E-state index in [0.717, 1.165) is 33.3 Å². The lowest BCUT2D eigenvalue weighted by atomic mass is 10.1. The lowest BCUT2D eigenvalue weighted by molar-refractivity contribution is 0.391. The number of aromatic amines is 1. The summed E-state index contributed by atoms with van der Waals surface area (Å²) < 4.78 is 27.7. The second-order valence-corrected chi connectivity index (χ2v) is 8.40. The Labute approximate surface area is 142 Å². The third kappa shape index (κ3) is 2.36. The molecule has 2 aromatic carbocycles. The van der Waals surface area contributed by atoms with Gasteiger partial charge in [0.1, 0.15) is 0 Å². The second kappa shape index (κ2) is 5.46. The molecule has 0 unspecified atom stereocenters. The molecule has 2 heterocycles. The van der Waals surface area contributed by atoms with Crippen LogP contribution in [0.15, 0.2) is 47.4 Å². The first kappa shape index (κ1) is 15.4. The SMILES string of the molecule is Cc1ccc(S(=O)(=O)N2CCc3[nH]c4ccccc4c3C2)cc1C. The number of nitrogens with one attached hydrogen (secondary N) is 1. The van der Waals surface area contributed by atoms with Crippen LogP contribution >= 0.6 is 0 Å². The quantitative estimate of drug-likeness (QED) is 0.776. The average Bonchev–Trinajstić information content (AvgIpc) is 2.95. The van der Waals surface area contributed by atoms with E-state index in [2.05, 4.69) is 11.1 Å². The molecule has 4 nitrogen and oxygen atoms in total. The van der Waals surface area contributed by atoms with Gasteiger partial charge in [0.2, 0.25) is 10.0 Å². The second-order valence-electron chi connectivity index (χ2n) is 6.46. The number of hydrogen-bond donors (Lipinski definition) is 1. The van der Waals surface area contributed by atoms with Gasteiger partial charge in [0.05, 0.1) is 4.90 Å². The Kier molecular flexibility index (Phi) is 3.51. The molecule has 0 spiro atoms. The van der Waals surface area contributed by atoms with Gasteiger partial charge in [-0.15, -0.1) is 0 Å². The topological polar surface area (TPSA) is 53.2 Å². The molecule has 0 aliphatic carbocycles. The van der Waals surface area contributed by atoms with Gasteiger partial charge in [-0.3, -0.25) is 0 Å². The van der Waals surface area contributed by atoms with Gasteiger partial charge >= 0.3 is 0 Å². The van der Waals surface area contributed by atoms with E-state index < -0.39 is 10.0 Å². The Morgan fingerprint density at radius 1 is 1.04 bits per heavy atom. The van der Waals surface area contributed by atoms with E-state index in [1.54, 1.807) is 16.4 Å². The predicted molar refractivity (Wildman–Crippen MR) is 95.5 cm³/mol. The van der Waals surface area contributed by atoms with Crippen molar-refractivity contribution in [1.82, 2.24) is 9.29 Å². The summed E-state index contributed by atoms with van der Waals surface area (Å²) in [4.78, 5) is 3.81. The Balaban J connectivity index is 1.74. The molecule has 24 heavy (non-hydrogen) atoms.